The van der Waals surface area contributed by atoms with Crippen molar-refractivity contribution in [2.24, 2.45) is 5.41 Å². The molecule has 6 heteroatoms. The number of thiophene rings is 1. The van der Waals surface area contributed by atoms with E-state index in [-0.39, 0.29) is 31.5 Å². The van der Waals surface area contributed by atoms with Gasteiger partial charge in [-0.2, -0.15) is 0 Å². The van der Waals surface area contributed by atoms with Gasteiger partial charge < -0.3 is 14.4 Å². The van der Waals surface area contributed by atoms with Gasteiger partial charge in [0.2, 0.25) is 5.71 Å². The maximum absolute atomic E-state index is 8.73. The predicted octanol–water partition coefficient (Wildman–Crippen LogP) is 10.1. The summed E-state index contributed by atoms with van der Waals surface area (Å²) in [6.45, 7) is 7.38. The van der Waals surface area contributed by atoms with Gasteiger partial charge in [0, 0.05) is 65.4 Å². The molecule has 0 aliphatic heterocycles. The topological polar surface area (TPSA) is 51.8 Å². The molecular formula is C37H33IrN3OS-2. The Morgan fingerprint density at radius 3 is 2.47 bits per heavy atom. The number of aryl methyl sites for hydroxylation is 3. The molecular weight excluding hydrogens is 727 g/mol. The van der Waals surface area contributed by atoms with Gasteiger partial charge in [0.1, 0.15) is 0 Å². The van der Waals surface area contributed by atoms with Crippen LogP contribution in [-0.4, -0.2) is 15.0 Å². The van der Waals surface area contributed by atoms with Gasteiger partial charge in [-0.3, -0.25) is 0 Å². The van der Waals surface area contributed by atoms with Crippen molar-refractivity contribution in [1.29, 1.82) is 0 Å². The molecule has 5 heterocycles. The van der Waals surface area contributed by atoms with Crippen LogP contribution >= 0.6 is 11.3 Å². The first-order valence-electron chi connectivity index (χ1n) is 16.2. The monoisotopic (exact) mass is 765 g/mol. The maximum Gasteiger partial charge on any atom is 0.216 e. The van der Waals surface area contributed by atoms with Gasteiger partial charge in [0.05, 0.1) is 5.58 Å². The minimum Gasteiger partial charge on any atom is -0.486 e. The molecule has 0 fully saturated rings. The van der Waals surface area contributed by atoms with E-state index in [1.165, 1.54) is 23.0 Å². The maximum atomic E-state index is 8.73. The van der Waals surface area contributed by atoms with Crippen LogP contribution in [0.1, 0.15) is 49.3 Å². The normalized spacial score (nSPS) is 13.7. The van der Waals surface area contributed by atoms with E-state index in [1.807, 2.05) is 83.3 Å². The minimum atomic E-state index is -2.32. The van der Waals surface area contributed by atoms with Crippen LogP contribution in [0.25, 0.3) is 54.7 Å². The van der Waals surface area contributed by atoms with Crippen molar-refractivity contribution in [3.8, 4) is 22.5 Å². The van der Waals surface area contributed by atoms with E-state index in [1.54, 1.807) is 18.3 Å². The van der Waals surface area contributed by atoms with E-state index in [2.05, 4.69) is 33.2 Å². The number of nitrogens with zero attached hydrogens (tertiary/aromatic N) is 3. The summed E-state index contributed by atoms with van der Waals surface area (Å²) in [6, 6.07) is 27.1. The molecule has 219 valence electrons. The summed E-state index contributed by atoms with van der Waals surface area (Å²) in [5.74, 6) is 0. The van der Waals surface area contributed by atoms with Crippen LogP contribution in [0.2, 0.25) is 0 Å². The van der Waals surface area contributed by atoms with Crippen LogP contribution in [0.5, 0.6) is 0 Å². The van der Waals surface area contributed by atoms with Gasteiger partial charge >= 0.3 is 0 Å². The average molecular weight is 765 g/mol. The zero-order valence-corrected chi connectivity index (χ0v) is 27.7. The summed E-state index contributed by atoms with van der Waals surface area (Å²) < 4.78 is 47.3. The number of hydrogen-bond donors (Lipinski definition) is 0. The molecule has 0 saturated heterocycles. The first kappa shape index (κ1) is 24.7. The fourth-order valence-electron chi connectivity index (χ4n) is 4.70. The van der Waals surface area contributed by atoms with Gasteiger partial charge in [-0.05, 0) is 67.1 Å². The molecule has 0 bridgehead atoms. The first-order chi connectivity index (χ1) is 22.1. The van der Waals surface area contributed by atoms with E-state index in [4.69, 9.17) is 11.3 Å². The Hall–Kier alpha value is -3.70. The Labute approximate surface area is 277 Å². The van der Waals surface area contributed by atoms with E-state index in [0.717, 1.165) is 37.7 Å². The fraction of sp³-hybridized carbons (Fsp3) is 0.216. The second kappa shape index (κ2) is 12.5. The molecule has 0 amide bonds. The van der Waals surface area contributed by atoms with Crippen molar-refractivity contribution in [1.82, 2.24) is 15.0 Å². The van der Waals surface area contributed by atoms with Crippen molar-refractivity contribution < 1.29 is 31.4 Å². The number of fused-ring (bicyclic) bond motifs is 4. The minimum absolute atomic E-state index is 0. The molecule has 0 spiro atoms. The Morgan fingerprint density at radius 1 is 0.907 bits per heavy atom. The van der Waals surface area contributed by atoms with Gasteiger partial charge in [-0.1, -0.05) is 49.9 Å². The smallest absolute Gasteiger partial charge is 0.216 e. The molecule has 43 heavy (non-hydrogen) atoms. The predicted molar refractivity (Wildman–Crippen MR) is 175 cm³/mol. The third-order valence-corrected chi connectivity index (χ3v) is 7.93. The summed E-state index contributed by atoms with van der Waals surface area (Å²) >= 11 is 1.45. The molecule has 0 N–H and O–H groups in total. The molecule has 0 atom stereocenters. The second-order valence-electron chi connectivity index (χ2n) is 11.2. The second-order valence-corrected chi connectivity index (χ2v) is 12.3. The quantitative estimate of drug-likeness (QED) is 0.168. The van der Waals surface area contributed by atoms with Crippen LogP contribution in [-0.2, 0) is 26.5 Å². The van der Waals surface area contributed by atoms with Gasteiger partial charge in [0.15, 0.2) is 0 Å². The van der Waals surface area contributed by atoms with E-state index < -0.39 is 18.6 Å². The molecule has 0 saturated carbocycles. The van der Waals surface area contributed by atoms with Gasteiger partial charge in [-0.25, -0.2) is 4.98 Å². The Kier molecular flexibility index (Phi) is 7.18. The Balaban J connectivity index is 0.000000270. The van der Waals surface area contributed by atoms with Crippen LogP contribution in [0.3, 0.4) is 0 Å². The van der Waals surface area contributed by atoms with Crippen molar-refractivity contribution in [2.45, 2.75) is 47.8 Å². The molecule has 0 unspecified atom stereocenters. The Morgan fingerprint density at radius 2 is 1.74 bits per heavy atom. The summed E-state index contributed by atoms with van der Waals surface area (Å²) in [6.07, 6.45) is 2.16. The zero-order valence-electron chi connectivity index (χ0n) is 29.5. The van der Waals surface area contributed by atoms with Crippen molar-refractivity contribution in [2.75, 3.05) is 0 Å². The number of furan rings is 1. The standard InChI is InChI=1S/C25H23N2OS.C12H10N.Ir/c1-14-9-10-17-16-7-6-8-18(23(16)28-24(17)27-14)20-11-21-19(13-26-20)15(2)22(29-21)12-25(3,4)5;1-10-7-8-12(13-9-10)11-5-3-2-4-6-11;/h6-7,9-11,13H,12H2,1-5H3;2-5,7-9H,1H3;/q2*-1;/i1D3,12D2;;. The molecule has 7 rings (SSSR count). The molecule has 0 aliphatic rings. The molecule has 0 aliphatic carbocycles. The number of benzene rings is 2. The summed E-state index contributed by atoms with van der Waals surface area (Å²) in [5, 5.41) is 2.46. The zero-order chi connectivity index (χ0) is 33.7. The number of aromatic nitrogens is 3. The molecule has 1 radical (unpaired) electrons. The van der Waals surface area contributed by atoms with Crippen LogP contribution in [0.4, 0.5) is 0 Å². The van der Waals surface area contributed by atoms with Gasteiger partial charge in [-0.15, -0.1) is 65.4 Å². The van der Waals surface area contributed by atoms with Crippen molar-refractivity contribution in [3.05, 3.63) is 113 Å². The Bertz CT molecular complexity index is 2220. The summed E-state index contributed by atoms with van der Waals surface area (Å²) in [4.78, 5) is 13.9. The first-order valence-corrected chi connectivity index (χ1v) is 14.5. The van der Waals surface area contributed by atoms with E-state index >= 15 is 0 Å². The molecule has 2 aromatic carbocycles. The SMILES string of the molecule is Cc1ccc(-c2[c-]cccc2)nc1.[2H]C([2H])([2H])c1ccc2c(n1)oc1c(-c3cc4sc(C([2H])([2H])C(C)(C)C)c(C)c4cn3)[c-]ccc12.[Ir]. The largest absolute Gasteiger partial charge is 0.486 e. The average Bonchev–Trinajstić information content (AvgIpc) is 3.58. The van der Waals surface area contributed by atoms with Crippen LogP contribution < -0.4 is 0 Å². The number of pyridine rings is 3. The van der Waals surface area contributed by atoms with E-state index in [0.29, 0.717) is 21.7 Å². The van der Waals surface area contributed by atoms with Gasteiger partial charge in [0.25, 0.3) is 0 Å². The van der Waals surface area contributed by atoms with Crippen molar-refractivity contribution in [3.63, 3.8) is 0 Å². The summed E-state index contributed by atoms with van der Waals surface area (Å²) in [7, 11) is 0. The van der Waals surface area contributed by atoms with E-state index in [9.17, 15) is 0 Å². The molecule has 4 nitrogen and oxygen atoms in total. The molecule has 5 aromatic heterocycles. The number of rotatable bonds is 3. The van der Waals surface area contributed by atoms with Crippen LogP contribution in [0.15, 0.2) is 83.5 Å². The van der Waals surface area contributed by atoms with Crippen molar-refractivity contribution >= 4 is 43.5 Å². The third-order valence-electron chi connectivity index (χ3n) is 6.76. The molecule has 7 aromatic rings. The van der Waals surface area contributed by atoms with Crippen LogP contribution in [0, 0.1) is 38.2 Å². The third kappa shape index (κ3) is 6.62. The fourth-order valence-corrected chi connectivity index (χ4v) is 6.03. The summed E-state index contributed by atoms with van der Waals surface area (Å²) in [5.41, 5.74) is 5.65. The number of hydrogen-bond acceptors (Lipinski definition) is 5.